The number of rotatable bonds is 3. The first-order valence-corrected chi connectivity index (χ1v) is 7.29. The molecule has 0 saturated heterocycles. The van der Waals surface area contributed by atoms with Crippen molar-refractivity contribution in [2.45, 2.75) is 43.3 Å². The van der Waals surface area contributed by atoms with E-state index in [0.29, 0.717) is 0 Å². The third kappa shape index (κ3) is 3.35. The minimum absolute atomic E-state index is 0.753. The predicted octanol–water partition coefficient (Wildman–Crippen LogP) is 4.42. The van der Waals surface area contributed by atoms with Gasteiger partial charge in [0.05, 0.1) is 0 Å². The van der Waals surface area contributed by atoms with Gasteiger partial charge in [0, 0.05) is 15.7 Å². The van der Waals surface area contributed by atoms with Crippen molar-refractivity contribution >= 4 is 18.0 Å². The van der Waals surface area contributed by atoms with Gasteiger partial charge in [-0.25, -0.2) is 0 Å². The number of hydrogen-bond donors (Lipinski definition) is 0. The first kappa shape index (κ1) is 12.7. The molecule has 3 atom stereocenters. The Morgan fingerprint density at radius 1 is 1.12 bits per heavy atom. The Kier molecular flexibility index (Phi) is 4.27. The van der Waals surface area contributed by atoms with Gasteiger partial charge in [0.25, 0.3) is 0 Å². The van der Waals surface area contributed by atoms with E-state index in [-0.39, 0.29) is 0 Å². The molecule has 1 aromatic carbocycles. The zero-order chi connectivity index (χ0) is 12.3. The molecule has 0 aromatic heterocycles. The summed E-state index contributed by atoms with van der Waals surface area (Å²) < 4.78 is 0. The molecule has 2 rings (SSSR count). The second-order valence-corrected chi connectivity index (χ2v) is 6.57. The molecule has 2 heteroatoms. The van der Waals surface area contributed by atoms with Gasteiger partial charge in [0.15, 0.2) is 0 Å². The molecule has 1 saturated carbocycles. The van der Waals surface area contributed by atoms with Crippen LogP contribution in [0.4, 0.5) is 0 Å². The Balaban J connectivity index is 1.94. The molecule has 1 aliphatic rings. The minimum Gasteiger partial charge on any atom is -0.298 e. The van der Waals surface area contributed by atoms with E-state index in [9.17, 15) is 4.79 Å². The molecule has 1 fully saturated rings. The zero-order valence-electron chi connectivity index (χ0n) is 10.6. The monoisotopic (exact) mass is 248 g/mol. The summed E-state index contributed by atoms with van der Waals surface area (Å²) in [4.78, 5) is 11.9. The fourth-order valence-corrected chi connectivity index (χ4v) is 3.75. The molecule has 0 amide bonds. The molecule has 0 aliphatic heterocycles. The molecule has 17 heavy (non-hydrogen) atoms. The molecule has 0 spiro atoms. The van der Waals surface area contributed by atoms with E-state index < -0.39 is 0 Å². The van der Waals surface area contributed by atoms with E-state index in [2.05, 4.69) is 26.0 Å². The summed E-state index contributed by atoms with van der Waals surface area (Å²) in [5.74, 6) is 1.72. The molecule has 0 bridgehead atoms. The summed E-state index contributed by atoms with van der Waals surface area (Å²) in [6, 6.07) is 7.95. The van der Waals surface area contributed by atoms with Crippen LogP contribution in [0.2, 0.25) is 0 Å². The van der Waals surface area contributed by atoms with Gasteiger partial charge in [-0.05, 0) is 43.2 Å². The van der Waals surface area contributed by atoms with Crippen LogP contribution in [0.25, 0.3) is 0 Å². The number of carbonyl (C=O) groups is 1. The predicted molar refractivity (Wildman–Crippen MR) is 73.7 cm³/mol. The van der Waals surface area contributed by atoms with Crippen molar-refractivity contribution in [2.75, 3.05) is 0 Å². The molecule has 0 N–H and O–H groups in total. The fourth-order valence-electron chi connectivity index (χ4n) is 2.42. The van der Waals surface area contributed by atoms with Crippen LogP contribution in [0, 0.1) is 11.8 Å². The van der Waals surface area contributed by atoms with E-state index in [1.807, 2.05) is 23.9 Å². The number of aldehydes is 1. The van der Waals surface area contributed by atoms with E-state index in [1.165, 1.54) is 24.2 Å². The van der Waals surface area contributed by atoms with Crippen LogP contribution in [-0.2, 0) is 0 Å². The molecular formula is C15H20OS. The van der Waals surface area contributed by atoms with Crippen LogP contribution in [-0.4, -0.2) is 11.5 Å². The van der Waals surface area contributed by atoms with Crippen molar-refractivity contribution in [2.24, 2.45) is 11.8 Å². The summed E-state index contributed by atoms with van der Waals surface area (Å²) in [7, 11) is 0. The van der Waals surface area contributed by atoms with E-state index in [4.69, 9.17) is 0 Å². The van der Waals surface area contributed by atoms with Gasteiger partial charge in [-0.3, -0.25) is 4.79 Å². The number of hydrogen-bond acceptors (Lipinski definition) is 2. The molecule has 92 valence electrons. The van der Waals surface area contributed by atoms with Crippen LogP contribution in [0.1, 0.15) is 43.5 Å². The van der Waals surface area contributed by atoms with E-state index in [1.54, 1.807) is 0 Å². The Hall–Kier alpha value is -0.760. The third-order valence-corrected chi connectivity index (χ3v) is 5.17. The van der Waals surface area contributed by atoms with Crippen molar-refractivity contribution in [3.63, 3.8) is 0 Å². The average molecular weight is 248 g/mol. The SMILES string of the molecule is CC1CCC(Sc2ccc(C=O)cc2)CC1C. The highest BCUT2D eigenvalue weighted by molar-refractivity contribution is 8.00. The highest BCUT2D eigenvalue weighted by Crippen LogP contribution is 2.38. The van der Waals surface area contributed by atoms with Gasteiger partial charge in [-0.15, -0.1) is 11.8 Å². The first-order chi connectivity index (χ1) is 8.19. The quantitative estimate of drug-likeness (QED) is 0.737. The minimum atomic E-state index is 0.753. The largest absolute Gasteiger partial charge is 0.298 e. The molecule has 0 radical (unpaired) electrons. The number of carbonyl (C=O) groups excluding carboxylic acids is 1. The Morgan fingerprint density at radius 2 is 1.82 bits per heavy atom. The summed E-state index contributed by atoms with van der Waals surface area (Å²) in [6.07, 6.45) is 4.90. The van der Waals surface area contributed by atoms with Crippen LogP contribution in [0.5, 0.6) is 0 Å². The van der Waals surface area contributed by atoms with Gasteiger partial charge in [-0.1, -0.05) is 26.0 Å². The Labute approximate surface area is 108 Å². The highest BCUT2D eigenvalue weighted by atomic mass is 32.2. The molecule has 1 aliphatic carbocycles. The lowest BCUT2D eigenvalue weighted by Gasteiger charge is -2.31. The van der Waals surface area contributed by atoms with Crippen molar-refractivity contribution in [1.82, 2.24) is 0 Å². The lowest BCUT2D eigenvalue weighted by Crippen LogP contribution is -2.22. The normalized spacial score (nSPS) is 28.9. The molecule has 3 unspecified atom stereocenters. The summed E-state index contributed by atoms with van der Waals surface area (Å²) >= 11 is 1.97. The lowest BCUT2D eigenvalue weighted by atomic mass is 9.81. The molecule has 0 heterocycles. The average Bonchev–Trinajstić information content (AvgIpc) is 2.35. The fraction of sp³-hybridized carbons (Fsp3) is 0.533. The lowest BCUT2D eigenvalue weighted by molar-refractivity contribution is 0.112. The summed E-state index contributed by atoms with van der Waals surface area (Å²) in [6.45, 7) is 4.73. The maximum Gasteiger partial charge on any atom is 0.150 e. The van der Waals surface area contributed by atoms with Crippen LogP contribution in [0.15, 0.2) is 29.2 Å². The van der Waals surface area contributed by atoms with Crippen molar-refractivity contribution in [3.05, 3.63) is 29.8 Å². The van der Waals surface area contributed by atoms with Crippen molar-refractivity contribution in [3.8, 4) is 0 Å². The summed E-state index contributed by atoms with van der Waals surface area (Å²) in [5, 5.41) is 0.753. The third-order valence-electron chi connectivity index (χ3n) is 3.87. The molecule has 1 aromatic rings. The van der Waals surface area contributed by atoms with Crippen LogP contribution in [0.3, 0.4) is 0 Å². The maximum absolute atomic E-state index is 10.6. The maximum atomic E-state index is 10.6. The van der Waals surface area contributed by atoms with Gasteiger partial charge in [0.1, 0.15) is 6.29 Å². The van der Waals surface area contributed by atoms with Gasteiger partial charge in [0.2, 0.25) is 0 Å². The standard InChI is InChI=1S/C15H20OS/c1-11-3-6-15(9-12(11)2)17-14-7-4-13(10-16)5-8-14/h4-5,7-8,10-12,15H,3,6,9H2,1-2H3. The molecule has 1 nitrogen and oxygen atoms in total. The van der Waals surface area contributed by atoms with Crippen molar-refractivity contribution < 1.29 is 4.79 Å². The zero-order valence-corrected chi connectivity index (χ0v) is 11.4. The van der Waals surface area contributed by atoms with Gasteiger partial charge in [-0.2, -0.15) is 0 Å². The second-order valence-electron chi connectivity index (χ2n) is 5.19. The van der Waals surface area contributed by atoms with E-state index >= 15 is 0 Å². The molecular weight excluding hydrogens is 228 g/mol. The smallest absolute Gasteiger partial charge is 0.150 e. The van der Waals surface area contributed by atoms with Gasteiger partial charge >= 0.3 is 0 Å². The van der Waals surface area contributed by atoms with Crippen molar-refractivity contribution in [1.29, 1.82) is 0 Å². The van der Waals surface area contributed by atoms with Crippen LogP contribution >= 0.6 is 11.8 Å². The van der Waals surface area contributed by atoms with Crippen LogP contribution < -0.4 is 0 Å². The number of benzene rings is 1. The first-order valence-electron chi connectivity index (χ1n) is 6.41. The topological polar surface area (TPSA) is 17.1 Å². The van der Waals surface area contributed by atoms with E-state index in [0.717, 1.165) is 28.9 Å². The number of thioether (sulfide) groups is 1. The highest BCUT2D eigenvalue weighted by Gasteiger charge is 2.24. The Morgan fingerprint density at radius 3 is 2.41 bits per heavy atom. The Bertz CT molecular complexity index is 371. The van der Waals surface area contributed by atoms with Gasteiger partial charge < -0.3 is 0 Å². The second kappa shape index (κ2) is 5.72. The summed E-state index contributed by atoms with van der Waals surface area (Å²) in [5.41, 5.74) is 0.764.